The van der Waals surface area contributed by atoms with Gasteiger partial charge in [0.25, 0.3) is 0 Å². The van der Waals surface area contributed by atoms with Crippen LogP contribution in [0.15, 0.2) is 0 Å². The van der Waals surface area contributed by atoms with Gasteiger partial charge in [0.1, 0.15) is 0 Å². The molecule has 1 amide bonds. The molecule has 0 fully saturated rings. The predicted octanol–water partition coefficient (Wildman–Crippen LogP) is 0.204. The van der Waals surface area contributed by atoms with Gasteiger partial charge in [-0.3, -0.25) is 4.79 Å². The zero-order valence-corrected chi connectivity index (χ0v) is 9.03. The number of thiocarbonyl (C=S) groups is 1. The van der Waals surface area contributed by atoms with Crippen LogP contribution in [-0.4, -0.2) is 30.2 Å². The maximum absolute atomic E-state index is 11.2. The summed E-state index contributed by atoms with van der Waals surface area (Å²) in [7, 11) is 1.55. The number of methoxy groups -OCH3 is 1. The molecule has 5 heteroatoms. The standard InChI is InChI=1S/C8H16N2O2S/c1-8(2,7(9)13)10-6(11)4-5-12-3/h4-5H2,1-3H3,(H2,9,13)(H,10,11). The Morgan fingerprint density at radius 1 is 1.62 bits per heavy atom. The van der Waals surface area contributed by atoms with Gasteiger partial charge in [-0.2, -0.15) is 0 Å². The fourth-order valence-corrected chi connectivity index (χ4v) is 0.718. The summed E-state index contributed by atoms with van der Waals surface area (Å²) < 4.78 is 4.76. The molecule has 0 aliphatic rings. The highest BCUT2D eigenvalue weighted by atomic mass is 32.1. The average Bonchev–Trinajstić information content (AvgIpc) is 1.99. The second kappa shape index (κ2) is 5.14. The molecular formula is C8H16N2O2S. The lowest BCUT2D eigenvalue weighted by Crippen LogP contribution is -2.52. The maximum atomic E-state index is 11.2. The van der Waals surface area contributed by atoms with E-state index in [4.69, 9.17) is 22.7 Å². The molecule has 0 radical (unpaired) electrons. The van der Waals surface area contributed by atoms with Crippen molar-refractivity contribution < 1.29 is 9.53 Å². The quantitative estimate of drug-likeness (QED) is 0.628. The van der Waals surface area contributed by atoms with Gasteiger partial charge in [-0.05, 0) is 13.8 Å². The first kappa shape index (κ1) is 12.3. The number of nitrogens with one attached hydrogen (secondary N) is 1. The van der Waals surface area contributed by atoms with Crippen LogP contribution in [0.25, 0.3) is 0 Å². The lowest BCUT2D eigenvalue weighted by atomic mass is 10.1. The molecule has 0 saturated heterocycles. The minimum absolute atomic E-state index is 0.111. The van der Waals surface area contributed by atoms with Crippen molar-refractivity contribution in [3.63, 3.8) is 0 Å². The molecule has 0 unspecified atom stereocenters. The van der Waals surface area contributed by atoms with Gasteiger partial charge in [0.15, 0.2) is 0 Å². The van der Waals surface area contributed by atoms with Gasteiger partial charge in [0.2, 0.25) is 5.91 Å². The Balaban J connectivity index is 3.97. The van der Waals surface area contributed by atoms with Crippen molar-refractivity contribution in [2.75, 3.05) is 13.7 Å². The summed E-state index contributed by atoms with van der Waals surface area (Å²) in [6.45, 7) is 3.93. The maximum Gasteiger partial charge on any atom is 0.223 e. The molecule has 0 aromatic carbocycles. The van der Waals surface area contributed by atoms with E-state index in [1.54, 1.807) is 21.0 Å². The van der Waals surface area contributed by atoms with E-state index in [0.717, 1.165) is 0 Å². The van der Waals surface area contributed by atoms with Crippen LogP contribution >= 0.6 is 12.2 Å². The summed E-state index contributed by atoms with van der Waals surface area (Å²) in [5, 5.41) is 2.71. The molecule has 0 aliphatic carbocycles. The highest BCUT2D eigenvalue weighted by Gasteiger charge is 2.22. The van der Waals surface area contributed by atoms with Gasteiger partial charge >= 0.3 is 0 Å². The highest BCUT2D eigenvalue weighted by molar-refractivity contribution is 7.80. The van der Waals surface area contributed by atoms with Crippen molar-refractivity contribution in [1.82, 2.24) is 5.32 Å². The fourth-order valence-electron chi connectivity index (χ4n) is 0.667. The summed E-state index contributed by atoms with van der Waals surface area (Å²) >= 11 is 4.79. The summed E-state index contributed by atoms with van der Waals surface area (Å²) in [6, 6.07) is 0. The molecule has 0 rings (SSSR count). The summed E-state index contributed by atoms with van der Waals surface area (Å²) in [5.41, 5.74) is 4.81. The number of hydrogen-bond donors (Lipinski definition) is 2. The van der Waals surface area contributed by atoms with E-state index in [1.807, 2.05) is 0 Å². The third kappa shape index (κ3) is 4.80. The van der Waals surface area contributed by atoms with E-state index < -0.39 is 5.54 Å². The zero-order chi connectivity index (χ0) is 10.5. The Labute approximate surface area is 83.8 Å². The molecule has 0 aromatic rings. The smallest absolute Gasteiger partial charge is 0.223 e. The molecule has 76 valence electrons. The van der Waals surface area contributed by atoms with E-state index in [1.165, 1.54) is 0 Å². The van der Waals surface area contributed by atoms with Crippen LogP contribution in [0.2, 0.25) is 0 Å². The molecule has 0 heterocycles. The normalized spacial score (nSPS) is 11.0. The van der Waals surface area contributed by atoms with Crippen molar-refractivity contribution in [3.05, 3.63) is 0 Å². The Kier molecular flexibility index (Phi) is 4.87. The molecule has 0 saturated carbocycles. The Morgan fingerprint density at radius 3 is 2.54 bits per heavy atom. The number of carbonyl (C=O) groups excluding carboxylic acids is 1. The predicted molar refractivity (Wildman–Crippen MR) is 55.5 cm³/mol. The van der Waals surface area contributed by atoms with Crippen LogP contribution in [-0.2, 0) is 9.53 Å². The van der Waals surface area contributed by atoms with Crippen molar-refractivity contribution in [3.8, 4) is 0 Å². The molecular weight excluding hydrogens is 188 g/mol. The van der Waals surface area contributed by atoms with Crippen LogP contribution in [0.3, 0.4) is 0 Å². The topological polar surface area (TPSA) is 64.3 Å². The number of amides is 1. The monoisotopic (exact) mass is 204 g/mol. The number of ether oxygens (including phenoxy) is 1. The first-order chi connectivity index (χ1) is 5.90. The number of hydrogen-bond acceptors (Lipinski definition) is 3. The van der Waals surface area contributed by atoms with Crippen molar-refractivity contribution >= 4 is 23.1 Å². The fraction of sp³-hybridized carbons (Fsp3) is 0.750. The van der Waals surface area contributed by atoms with Gasteiger partial charge in [-0.15, -0.1) is 0 Å². The van der Waals surface area contributed by atoms with Crippen LogP contribution in [0, 0.1) is 0 Å². The molecule has 3 N–H and O–H groups in total. The van der Waals surface area contributed by atoms with E-state index in [-0.39, 0.29) is 10.9 Å². The lowest BCUT2D eigenvalue weighted by Gasteiger charge is -2.24. The van der Waals surface area contributed by atoms with Gasteiger partial charge in [-0.25, -0.2) is 0 Å². The minimum Gasteiger partial charge on any atom is -0.391 e. The van der Waals surface area contributed by atoms with Crippen molar-refractivity contribution in [1.29, 1.82) is 0 Å². The first-order valence-corrected chi connectivity index (χ1v) is 4.41. The van der Waals surface area contributed by atoms with Crippen LogP contribution in [0.5, 0.6) is 0 Å². The molecule has 4 nitrogen and oxygen atoms in total. The average molecular weight is 204 g/mol. The molecule has 0 aliphatic heterocycles. The third-order valence-corrected chi connectivity index (χ3v) is 2.11. The van der Waals surface area contributed by atoms with Gasteiger partial charge in [0.05, 0.1) is 17.1 Å². The molecule has 0 bridgehead atoms. The lowest BCUT2D eigenvalue weighted by molar-refractivity contribution is -0.122. The Bertz CT molecular complexity index is 204. The number of rotatable bonds is 5. The van der Waals surface area contributed by atoms with E-state index >= 15 is 0 Å². The number of carbonyl (C=O) groups is 1. The van der Waals surface area contributed by atoms with Gasteiger partial charge < -0.3 is 15.8 Å². The summed E-state index contributed by atoms with van der Waals surface area (Å²) in [5.74, 6) is -0.111. The first-order valence-electron chi connectivity index (χ1n) is 4.00. The second-order valence-corrected chi connectivity index (χ2v) is 3.72. The molecule has 13 heavy (non-hydrogen) atoms. The highest BCUT2D eigenvalue weighted by Crippen LogP contribution is 2.02. The van der Waals surface area contributed by atoms with Crippen molar-refractivity contribution in [2.45, 2.75) is 25.8 Å². The van der Waals surface area contributed by atoms with Crippen LogP contribution < -0.4 is 11.1 Å². The van der Waals surface area contributed by atoms with E-state index in [9.17, 15) is 4.79 Å². The summed E-state index contributed by atoms with van der Waals surface area (Å²) in [6.07, 6.45) is 0.322. The SMILES string of the molecule is COCCC(=O)NC(C)(C)C(N)=S. The van der Waals surface area contributed by atoms with Crippen LogP contribution in [0.4, 0.5) is 0 Å². The second-order valence-electron chi connectivity index (χ2n) is 3.28. The van der Waals surface area contributed by atoms with Gasteiger partial charge in [0, 0.05) is 13.5 Å². The summed E-state index contributed by atoms with van der Waals surface area (Å²) in [4.78, 5) is 11.5. The van der Waals surface area contributed by atoms with Crippen molar-refractivity contribution in [2.24, 2.45) is 5.73 Å². The Hall–Kier alpha value is -0.680. The minimum atomic E-state index is -0.625. The molecule has 0 atom stereocenters. The number of nitrogens with two attached hydrogens (primary N) is 1. The third-order valence-electron chi connectivity index (χ3n) is 1.60. The van der Waals surface area contributed by atoms with Gasteiger partial charge in [-0.1, -0.05) is 12.2 Å². The van der Waals surface area contributed by atoms with E-state index in [2.05, 4.69) is 5.32 Å². The Morgan fingerprint density at radius 2 is 2.15 bits per heavy atom. The van der Waals surface area contributed by atoms with E-state index in [0.29, 0.717) is 13.0 Å². The zero-order valence-electron chi connectivity index (χ0n) is 8.22. The van der Waals surface area contributed by atoms with Crippen LogP contribution in [0.1, 0.15) is 20.3 Å². The largest absolute Gasteiger partial charge is 0.391 e. The molecule has 0 spiro atoms. The molecule has 0 aromatic heterocycles.